The summed E-state index contributed by atoms with van der Waals surface area (Å²) < 4.78 is 0. The number of imide groups is 1. The minimum atomic E-state index is -0.745. The normalized spacial score (nSPS) is 29.4. The Hall–Kier alpha value is -1.67. The largest absolute Gasteiger partial charge is 0.344 e. The maximum absolute atomic E-state index is 12.3. The molecule has 2 atom stereocenters. The Labute approximate surface area is 116 Å². The zero-order valence-corrected chi connectivity index (χ0v) is 11.1. The molecule has 3 fully saturated rings. The van der Waals surface area contributed by atoms with Gasteiger partial charge in [-0.25, -0.2) is 20.7 Å². The monoisotopic (exact) mass is 282 g/mol. The fraction of sp³-hybridized carbons (Fsp3) is 0.750. The van der Waals surface area contributed by atoms with Crippen LogP contribution in [0.25, 0.3) is 0 Å². The minimum absolute atomic E-state index is 0.163. The molecular formula is C12H18N4O4. The van der Waals surface area contributed by atoms with Crippen LogP contribution < -0.4 is 5.84 Å². The summed E-state index contributed by atoms with van der Waals surface area (Å²) in [5.74, 6) is 4.55. The van der Waals surface area contributed by atoms with E-state index in [-0.39, 0.29) is 17.9 Å². The van der Waals surface area contributed by atoms with Crippen molar-refractivity contribution in [2.45, 2.75) is 44.2 Å². The molecule has 2 saturated heterocycles. The second kappa shape index (κ2) is 4.71. The summed E-state index contributed by atoms with van der Waals surface area (Å²) in [5.41, 5.74) is 0. The molecule has 2 bridgehead atoms. The number of amides is 4. The molecular weight excluding hydrogens is 264 g/mol. The third kappa shape index (κ3) is 1.87. The van der Waals surface area contributed by atoms with Crippen molar-refractivity contribution in [3.05, 3.63) is 0 Å². The highest BCUT2D eigenvalue weighted by Gasteiger charge is 2.48. The van der Waals surface area contributed by atoms with Crippen LogP contribution in [-0.2, 0) is 9.59 Å². The Bertz CT molecular complexity index is 464. The van der Waals surface area contributed by atoms with Crippen molar-refractivity contribution in [1.29, 1.82) is 0 Å². The molecule has 0 unspecified atom stereocenters. The number of hydrogen-bond donors (Lipinski definition) is 2. The van der Waals surface area contributed by atoms with Gasteiger partial charge in [0, 0.05) is 12.5 Å². The first-order valence-corrected chi connectivity index (χ1v) is 6.92. The van der Waals surface area contributed by atoms with Crippen molar-refractivity contribution in [1.82, 2.24) is 15.0 Å². The number of carbonyl (C=O) groups is 3. The van der Waals surface area contributed by atoms with Crippen LogP contribution in [0.2, 0.25) is 0 Å². The molecule has 4 amide bonds. The lowest BCUT2D eigenvalue weighted by atomic mass is 9.84. The van der Waals surface area contributed by atoms with Gasteiger partial charge < -0.3 is 4.90 Å². The average Bonchev–Trinajstić information content (AvgIpc) is 2.61. The average molecular weight is 282 g/mol. The summed E-state index contributed by atoms with van der Waals surface area (Å²) >= 11 is 0. The smallest absolute Gasteiger partial charge is 0.309 e. The predicted octanol–water partition coefficient (Wildman–Crippen LogP) is -0.327. The second-order valence-electron chi connectivity index (χ2n) is 5.70. The number of carbonyl (C=O) groups excluding carboxylic acids is 3. The Balaban J connectivity index is 1.70. The molecule has 3 rings (SSSR count). The topological polar surface area (TPSA) is 107 Å². The Morgan fingerprint density at radius 2 is 1.90 bits per heavy atom. The van der Waals surface area contributed by atoms with Crippen molar-refractivity contribution >= 4 is 17.8 Å². The van der Waals surface area contributed by atoms with E-state index in [9.17, 15) is 19.6 Å². The number of piperidine rings is 1. The molecule has 8 heteroatoms. The van der Waals surface area contributed by atoms with Gasteiger partial charge in [-0.05, 0) is 25.7 Å². The van der Waals surface area contributed by atoms with Gasteiger partial charge in [0.15, 0.2) is 0 Å². The zero-order chi connectivity index (χ0) is 14.4. The van der Waals surface area contributed by atoms with Crippen LogP contribution in [0.1, 0.15) is 32.1 Å². The third-order valence-corrected chi connectivity index (χ3v) is 4.56. The van der Waals surface area contributed by atoms with Crippen LogP contribution >= 0.6 is 0 Å². The number of hydrogen-bond acceptors (Lipinski definition) is 5. The minimum Gasteiger partial charge on any atom is -0.309 e. The summed E-state index contributed by atoms with van der Waals surface area (Å²) in [6.45, 7) is 0.303. The van der Waals surface area contributed by atoms with E-state index in [0.29, 0.717) is 29.5 Å². The van der Waals surface area contributed by atoms with Crippen molar-refractivity contribution in [3.8, 4) is 0 Å². The number of fused-ring (bicyclic) bond motifs is 2. The summed E-state index contributed by atoms with van der Waals surface area (Å²) in [6, 6.07) is -1.60. The standard InChI is InChI=1S/C12H18N4O4/c13-15(10(17)7-2-1-3-7)11(18)9-5-4-8-6-14(9)12(19)16(8)20/h7-9,20H,1-6,13H2/t8-,9+/m1/s1. The molecule has 2 heterocycles. The van der Waals surface area contributed by atoms with Crippen molar-refractivity contribution in [2.24, 2.45) is 11.8 Å². The SMILES string of the molecule is NN(C(=O)C1CCC1)C(=O)[C@@H]1CC[C@@H]2CN1C(=O)N2O. The molecule has 2 aliphatic heterocycles. The molecule has 1 aliphatic carbocycles. The fourth-order valence-corrected chi connectivity index (χ4v) is 3.03. The molecule has 0 aromatic rings. The molecule has 0 aromatic heterocycles. The highest BCUT2D eigenvalue weighted by molar-refractivity contribution is 5.99. The number of nitrogens with two attached hydrogens (primary N) is 1. The lowest BCUT2D eigenvalue weighted by Gasteiger charge is -2.33. The van der Waals surface area contributed by atoms with Gasteiger partial charge in [0.05, 0.1) is 6.04 Å². The summed E-state index contributed by atoms with van der Waals surface area (Å²) in [6.07, 6.45) is 3.45. The van der Waals surface area contributed by atoms with Crippen molar-refractivity contribution in [2.75, 3.05) is 6.54 Å². The summed E-state index contributed by atoms with van der Waals surface area (Å²) in [7, 11) is 0. The fourth-order valence-electron chi connectivity index (χ4n) is 3.03. The molecule has 0 radical (unpaired) electrons. The van der Waals surface area contributed by atoms with E-state index >= 15 is 0 Å². The van der Waals surface area contributed by atoms with Crippen LogP contribution in [-0.4, -0.2) is 56.7 Å². The van der Waals surface area contributed by atoms with E-state index in [0.717, 1.165) is 19.3 Å². The number of nitrogens with zero attached hydrogens (tertiary/aromatic N) is 3. The van der Waals surface area contributed by atoms with Crippen LogP contribution in [0.5, 0.6) is 0 Å². The maximum Gasteiger partial charge on any atom is 0.344 e. The molecule has 20 heavy (non-hydrogen) atoms. The number of rotatable bonds is 2. The van der Waals surface area contributed by atoms with Gasteiger partial charge in [-0.2, -0.15) is 0 Å². The highest BCUT2D eigenvalue weighted by atomic mass is 16.5. The van der Waals surface area contributed by atoms with Gasteiger partial charge in [0.2, 0.25) is 5.91 Å². The lowest BCUT2D eigenvalue weighted by Crippen LogP contribution is -2.56. The number of hydroxylamine groups is 2. The Morgan fingerprint density at radius 1 is 1.20 bits per heavy atom. The first-order chi connectivity index (χ1) is 9.50. The maximum atomic E-state index is 12.3. The molecule has 3 N–H and O–H groups in total. The van der Waals surface area contributed by atoms with E-state index in [1.807, 2.05) is 0 Å². The lowest BCUT2D eigenvalue weighted by molar-refractivity contribution is -0.152. The van der Waals surface area contributed by atoms with Crippen molar-refractivity contribution < 1.29 is 19.6 Å². The predicted molar refractivity (Wildman–Crippen MR) is 65.9 cm³/mol. The highest BCUT2D eigenvalue weighted by Crippen LogP contribution is 2.31. The van der Waals surface area contributed by atoms with Crippen LogP contribution in [0.15, 0.2) is 0 Å². The van der Waals surface area contributed by atoms with E-state index in [1.165, 1.54) is 4.90 Å². The summed E-state index contributed by atoms with van der Waals surface area (Å²) in [4.78, 5) is 37.4. The Kier molecular flexibility index (Phi) is 3.14. The van der Waals surface area contributed by atoms with Gasteiger partial charge in [-0.1, -0.05) is 6.42 Å². The van der Waals surface area contributed by atoms with E-state index < -0.39 is 18.0 Å². The van der Waals surface area contributed by atoms with Crippen LogP contribution in [0.4, 0.5) is 4.79 Å². The van der Waals surface area contributed by atoms with Crippen LogP contribution in [0.3, 0.4) is 0 Å². The van der Waals surface area contributed by atoms with E-state index in [1.54, 1.807) is 0 Å². The van der Waals surface area contributed by atoms with Crippen LogP contribution in [0, 0.1) is 5.92 Å². The quantitative estimate of drug-likeness (QED) is 0.237. The zero-order valence-electron chi connectivity index (χ0n) is 11.1. The number of urea groups is 1. The second-order valence-corrected chi connectivity index (χ2v) is 5.70. The van der Waals surface area contributed by atoms with Gasteiger partial charge in [-0.3, -0.25) is 14.8 Å². The van der Waals surface area contributed by atoms with Gasteiger partial charge >= 0.3 is 6.03 Å². The number of hydrazine groups is 1. The molecule has 0 spiro atoms. The molecule has 8 nitrogen and oxygen atoms in total. The van der Waals surface area contributed by atoms with E-state index in [2.05, 4.69) is 0 Å². The Morgan fingerprint density at radius 3 is 2.50 bits per heavy atom. The molecule has 110 valence electrons. The molecule has 0 aromatic carbocycles. The first-order valence-electron chi connectivity index (χ1n) is 6.92. The summed E-state index contributed by atoms with van der Waals surface area (Å²) in [5, 5.41) is 10.9. The van der Waals surface area contributed by atoms with E-state index in [4.69, 9.17) is 5.84 Å². The third-order valence-electron chi connectivity index (χ3n) is 4.56. The van der Waals surface area contributed by atoms with Crippen molar-refractivity contribution in [3.63, 3.8) is 0 Å². The molecule has 3 aliphatic rings. The van der Waals surface area contributed by atoms with Gasteiger partial charge in [0.1, 0.15) is 6.04 Å². The first kappa shape index (κ1) is 13.3. The van der Waals surface area contributed by atoms with Gasteiger partial charge in [-0.15, -0.1) is 0 Å². The molecule has 1 saturated carbocycles. The van der Waals surface area contributed by atoms with Gasteiger partial charge in [0.25, 0.3) is 5.91 Å².